The van der Waals surface area contributed by atoms with Gasteiger partial charge in [0.05, 0.1) is 5.52 Å². The number of carbonyl (C=O) groups is 1. The normalized spacial score (nSPS) is 11.2. The van der Waals surface area contributed by atoms with Crippen LogP contribution in [0.2, 0.25) is 0 Å². The Morgan fingerprint density at radius 1 is 1.21 bits per heavy atom. The first kappa shape index (κ1) is 15.9. The minimum atomic E-state index is -0.365. The molecule has 122 valence electrons. The van der Waals surface area contributed by atoms with E-state index >= 15 is 0 Å². The van der Waals surface area contributed by atoms with Crippen LogP contribution in [0.1, 0.15) is 23.6 Å². The third kappa shape index (κ3) is 3.35. The molecular weight excluding hydrogens is 302 g/mol. The molecular formula is C19H19N3O2. The minimum absolute atomic E-state index is 0.271. The average molecular weight is 321 g/mol. The standard InChI is InChI=1S/C19H19N3O2/c1-3-22-17-11-9-16(14(2)19(17)20-21-22)10-12-18(23)24-13-15-7-5-4-6-8-15/h4-12H,3,13H2,1-2H3/b12-10+. The van der Waals surface area contributed by atoms with Crippen LogP contribution in [0.3, 0.4) is 0 Å². The Morgan fingerprint density at radius 3 is 2.75 bits per heavy atom. The molecule has 0 spiro atoms. The van der Waals surface area contributed by atoms with Crippen molar-refractivity contribution in [2.45, 2.75) is 27.0 Å². The molecule has 1 aromatic heterocycles. The molecule has 0 saturated heterocycles. The van der Waals surface area contributed by atoms with Crippen LogP contribution in [0.15, 0.2) is 48.5 Å². The fourth-order valence-electron chi connectivity index (χ4n) is 2.53. The number of ether oxygens (including phenoxy) is 1. The summed E-state index contributed by atoms with van der Waals surface area (Å²) in [5, 5.41) is 8.34. The van der Waals surface area contributed by atoms with Gasteiger partial charge in [0, 0.05) is 12.6 Å². The molecule has 0 amide bonds. The Bertz CT molecular complexity index is 882. The number of rotatable bonds is 5. The number of fused-ring (bicyclic) bond motifs is 1. The predicted octanol–water partition coefficient (Wildman–Crippen LogP) is 3.52. The van der Waals surface area contributed by atoms with E-state index in [1.165, 1.54) is 6.08 Å². The number of nitrogens with zero attached hydrogens (tertiary/aromatic N) is 3. The van der Waals surface area contributed by atoms with E-state index in [2.05, 4.69) is 10.3 Å². The van der Waals surface area contributed by atoms with Crippen LogP contribution in [-0.4, -0.2) is 21.0 Å². The highest BCUT2D eigenvalue weighted by molar-refractivity contribution is 5.89. The molecule has 3 rings (SSSR count). The van der Waals surface area contributed by atoms with Crippen LogP contribution < -0.4 is 0 Å². The van der Waals surface area contributed by atoms with E-state index in [0.29, 0.717) is 0 Å². The van der Waals surface area contributed by atoms with Crippen molar-refractivity contribution in [3.8, 4) is 0 Å². The number of hydrogen-bond acceptors (Lipinski definition) is 4. The second kappa shape index (κ2) is 7.08. The summed E-state index contributed by atoms with van der Waals surface area (Å²) in [5.41, 5.74) is 4.75. The Morgan fingerprint density at radius 2 is 2.00 bits per heavy atom. The second-order valence-electron chi connectivity index (χ2n) is 5.48. The van der Waals surface area contributed by atoms with Crippen molar-refractivity contribution in [1.29, 1.82) is 0 Å². The van der Waals surface area contributed by atoms with Crippen molar-refractivity contribution in [1.82, 2.24) is 15.0 Å². The topological polar surface area (TPSA) is 57.0 Å². The monoisotopic (exact) mass is 321 g/mol. The van der Waals surface area contributed by atoms with Gasteiger partial charge in [-0.1, -0.05) is 41.6 Å². The highest BCUT2D eigenvalue weighted by atomic mass is 16.5. The van der Waals surface area contributed by atoms with Gasteiger partial charge in [-0.05, 0) is 42.7 Å². The van der Waals surface area contributed by atoms with Gasteiger partial charge in [-0.3, -0.25) is 0 Å². The Balaban J connectivity index is 1.71. The van der Waals surface area contributed by atoms with Gasteiger partial charge in [-0.25, -0.2) is 9.48 Å². The largest absolute Gasteiger partial charge is 0.458 e. The van der Waals surface area contributed by atoms with E-state index in [1.807, 2.05) is 61.0 Å². The fraction of sp³-hybridized carbons (Fsp3) is 0.211. The second-order valence-corrected chi connectivity index (χ2v) is 5.48. The summed E-state index contributed by atoms with van der Waals surface area (Å²) in [6, 6.07) is 13.5. The van der Waals surface area contributed by atoms with E-state index in [4.69, 9.17) is 4.74 Å². The summed E-state index contributed by atoms with van der Waals surface area (Å²) >= 11 is 0. The molecule has 0 unspecified atom stereocenters. The van der Waals surface area contributed by atoms with Gasteiger partial charge in [0.25, 0.3) is 0 Å². The van der Waals surface area contributed by atoms with Crippen molar-refractivity contribution in [3.05, 3.63) is 65.2 Å². The van der Waals surface area contributed by atoms with Crippen LogP contribution in [0.5, 0.6) is 0 Å². The summed E-state index contributed by atoms with van der Waals surface area (Å²) in [6.07, 6.45) is 3.20. The van der Waals surface area contributed by atoms with Crippen molar-refractivity contribution < 1.29 is 9.53 Å². The first-order valence-corrected chi connectivity index (χ1v) is 7.90. The van der Waals surface area contributed by atoms with Gasteiger partial charge in [-0.2, -0.15) is 0 Å². The van der Waals surface area contributed by atoms with Crippen molar-refractivity contribution in [2.24, 2.45) is 0 Å². The zero-order chi connectivity index (χ0) is 16.9. The summed E-state index contributed by atoms with van der Waals surface area (Å²) in [4.78, 5) is 11.9. The molecule has 0 aliphatic carbocycles. The number of aromatic nitrogens is 3. The predicted molar refractivity (Wildman–Crippen MR) is 93.2 cm³/mol. The molecule has 0 atom stereocenters. The van der Waals surface area contributed by atoms with Crippen molar-refractivity contribution >= 4 is 23.1 Å². The molecule has 0 aliphatic rings. The number of hydrogen-bond donors (Lipinski definition) is 0. The molecule has 1 heterocycles. The van der Waals surface area contributed by atoms with Crippen LogP contribution in [0.25, 0.3) is 17.1 Å². The Labute approximate surface area is 140 Å². The molecule has 3 aromatic rings. The quantitative estimate of drug-likeness (QED) is 0.533. The molecule has 0 saturated carbocycles. The molecule has 0 N–H and O–H groups in total. The average Bonchev–Trinajstić information content (AvgIpc) is 3.04. The van der Waals surface area contributed by atoms with Gasteiger partial charge >= 0.3 is 5.97 Å². The van der Waals surface area contributed by atoms with Gasteiger partial charge in [0.1, 0.15) is 12.1 Å². The van der Waals surface area contributed by atoms with Crippen LogP contribution >= 0.6 is 0 Å². The Kier molecular flexibility index (Phi) is 4.70. The van der Waals surface area contributed by atoms with E-state index in [0.717, 1.165) is 34.3 Å². The molecule has 0 bridgehead atoms. The lowest BCUT2D eigenvalue weighted by molar-refractivity contribution is -0.138. The first-order chi connectivity index (χ1) is 11.7. The number of esters is 1. The Hall–Kier alpha value is -2.95. The van der Waals surface area contributed by atoms with Gasteiger partial charge in [-0.15, -0.1) is 5.10 Å². The summed E-state index contributed by atoms with van der Waals surface area (Å²) in [5.74, 6) is -0.365. The lowest BCUT2D eigenvalue weighted by atomic mass is 10.1. The summed E-state index contributed by atoms with van der Waals surface area (Å²) < 4.78 is 7.09. The third-order valence-corrected chi connectivity index (χ3v) is 3.90. The van der Waals surface area contributed by atoms with Crippen LogP contribution in [0.4, 0.5) is 0 Å². The molecule has 0 aliphatic heterocycles. The lowest BCUT2D eigenvalue weighted by Gasteiger charge is -2.03. The van der Waals surface area contributed by atoms with E-state index in [-0.39, 0.29) is 12.6 Å². The van der Waals surface area contributed by atoms with E-state index < -0.39 is 0 Å². The number of benzene rings is 2. The molecule has 0 fully saturated rings. The summed E-state index contributed by atoms with van der Waals surface area (Å²) in [7, 11) is 0. The van der Waals surface area contributed by atoms with Crippen LogP contribution in [-0.2, 0) is 22.7 Å². The maximum atomic E-state index is 11.9. The minimum Gasteiger partial charge on any atom is -0.458 e. The first-order valence-electron chi connectivity index (χ1n) is 7.90. The lowest BCUT2D eigenvalue weighted by Crippen LogP contribution is -2.00. The van der Waals surface area contributed by atoms with E-state index in [1.54, 1.807) is 6.08 Å². The molecule has 2 aromatic carbocycles. The molecule has 5 nitrogen and oxygen atoms in total. The molecule has 24 heavy (non-hydrogen) atoms. The van der Waals surface area contributed by atoms with Crippen molar-refractivity contribution in [3.63, 3.8) is 0 Å². The SMILES string of the molecule is CCn1nnc2c(C)c(/C=C/C(=O)OCc3ccccc3)ccc21. The molecule has 0 radical (unpaired) electrons. The molecule has 5 heteroatoms. The zero-order valence-corrected chi connectivity index (χ0v) is 13.8. The van der Waals surface area contributed by atoms with Gasteiger partial charge in [0.2, 0.25) is 0 Å². The number of carbonyl (C=O) groups excluding carboxylic acids is 1. The van der Waals surface area contributed by atoms with Gasteiger partial charge in [0.15, 0.2) is 0 Å². The smallest absolute Gasteiger partial charge is 0.331 e. The highest BCUT2D eigenvalue weighted by Gasteiger charge is 2.08. The maximum absolute atomic E-state index is 11.9. The van der Waals surface area contributed by atoms with Gasteiger partial charge < -0.3 is 4.74 Å². The fourth-order valence-corrected chi connectivity index (χ4v) is 2.53. The zero-order valence-electron chi connectivity index (χ0n) is 13.8. The van der Waals surface area contributed by atoms with E-state index in [9.17, 15) is 4.79 Å². The van der Waals surface area contributed by atoms with Crippen LogP contribution in [0, 0.1) is 6.92 Å². The third-order valence-electron chi connectivity index (χ3n) is 3.90. The maximum Gasteiger partial charge on any atom is 0.331 e. The highest BCUT2D eigenvalue weighted by Crippen LogP contribution is 2.20. The number of aryl methyl sites for hydroxylation is 2. The summed E-state index contributed by atoms with van der Waals surface area (Å²) in [6.45, 7) is 5.05. The van der Waals surface area contributed by atoms with Crippen molar-refractivity contribution in [2.75, 3.05) is 0 Å².